The van der Waals surface area contributed by atoms with Gasteiger partial charge in [0.25, 0.3) is 5.91 Å². The molecule has 1 fully saturated rings. The summed E-state index contributed by atoms with van der Waals surface area (Å²) in [7, 11) is 0. The molecule has 2 aliphatic heterocycles. The molecule has 6 heteroatoms. The van der Waals surface area contributed by atoms with Crippen molar-refractivity contribution >= 4 is 29.2 Å². The summed E-state index contributed by atoms with van der Waals surface area (Å²) in [6, 6.07) is 15.7. The van der Waals surface area contributed by atoms with Gasteiger partial charge in [0.05, 0.1) is 16.3 Å². The largest absolute Gasteiger partial charge is 0.450 e. The molecule has 2 aromatic rings. The Morgan fingerprint density at radius 2 is 1.83 bits per heavy atom. The van der Waals surface area contributed by atoms with E-state index >= 15 is 0 Å². The molecule has 0 atom stereocenters. The second kappa shape index (κ2) is 8.25. The van der Waals surface area contributed by atoms with E-state index in [1.807, 2.05) is 31.2 Å². The SMILES string of the molecule is CC1=C(C(=O)Nc2ccc(C)cc2Cl)C2(CCN(Cc3ccccc3)CC2)OC1=O. The third-order valence-electron chi connectivity index (χ3n) is 5.94. The zero-order valence-electron chi connectivity index (χ0n) is 17.2. The highest BCUT2D eigenvalue weighted by Crippen LogP contribution is 2.42. The van der Waals surface area contributed by atoms with E-state index in [1.54, 1.807) is 19.1 Å². The normalized spacial score (nSPS) is 18.6. The number of likely N-dealkylation sites (tertiary alicyclic amines) is 1. The van der Waals surface area contributed by atoms with Gasteiger partial charge in [-0.1, -0.05) is 48.0 Å². The van der Waals surface area contributed by atoms with Crippen molar-refractivity contribution in [3.63, 3.8) is 0 Å². The first kappa shape index (κ1) is 20.6. The van der Waals surface area contributed by atoms with Gasteiger partial charge in [-0.15, -0.1) is 0 Å². The summed E-state index contributed by atoms with van der Waals surface area (Å²) in [5.41, 5.74) is 2.74. The van der Waals surface area contributed by atoms with Crippen molar-refractivity contribution in [2.75, 3.05) is 18.4 Å². The first-order valence-electron chi connectivity index (χ1n) is 10.2. The van der Waals surface area contributed by atoms with Gasteiger partial charge in [-0.25, -0.2) is 4.79 Å². The minimum atomic E-state index is -0.865. The second-order valence-electron chi connectivity index (χ2n) is 8.08. The fraction of sp³-hybridized carbons (Fsp3) is 0.333. The van der Waals surface area contributed by atoms with Gasteiger partial charge in [-0.3, -0.25) is 9.69 Å². The number of carbonyl (C=O) groups is 2. The van der Waals surface area contributed by atoms with Crippen molar-refractivity contribution in [3.05, 3.63) is 75.8 Å². The van der Waals surface area contributed by atoms with Crippen LogP contribution in [0.2, 0.25) is 5.02 Å². The van der Waals surface area contributed by atoms with E-state index in [2.05, 4.69) is 22.3 Å². The molecular formula is C24H25ClN2O3. The minimum Gasteiger partial charge on any atom is -0.450 e. The number of nitrogens with zero attached hydrogens (tertiary/aromatic N) is 1. The van der Waals surface area contributed by atoms with Crippen LogP contribution < -0.4 is 5.32 Å². The van der Waals surface area contributed by atoms with Crippen LogP contribution >= 0.6 is 11.6 Å². The maximum atomic E-state index is 13.2. The third-order valence-corrected chi connectivity index (χ3v) is 6.25. The van der Waals surface area contributed by atoms with Gasteiger partial charge in [0, 0.05) is 38.0 Å². The molecular weight excluding hydrogens is 400 g/mol. The van der Waals surface area contributed by atoms with E-state index in [1.165, 1.54) is 5.56 Å². The molecule has 4 rings (SSSR count). The number of hydrogen-bond donors (Lipinski definition) is 1. The van der Waals surface area contributed by atoms with Gasteiger partial charge in [0.2, 0.25) is 0 Å². The molecule has 0 aliphatic carbocycles. The summed E-state index contributed by atoms with van der Waals surface area (Å²) in [5, 5.41) is 3.35. The zero-order chi connectivity index (χ0) is 21.3. The molecule has 156 valence electrons. The van der Waals surface area contributed by atoms with Crippen molar-refractivity contribution in [1.29, 1.82) is 0 Å². The van der Waals surface area contributed by atoms with Gasteiger partial charge >= 0.3 is 5.97 Å². The average molecular weight is 425 g/mol. The number of nitrogens with one attached hydrogen (secondary N) is 1. The van der Waals surface area contributed by atoms with E-state index in [0.717, 1.165) is 25.2 Å². The molecule has 30 heavy (non-hydrogen) atoms. The predicted molar refractivity (Wildman–Crippen MR) is 117 cm³/mol. The lowest BCUT2D eigenvalue weighted by atomic mass is 9.82. The highest BCUT2D eigenvalue weighted by molar-refractivity contribution is 6.34. The first-order chi connectivity index (χ1) is 14.4. The number of hydrogen-bond acceptors (Lipinski definition) is 4. The van der Waals surface area contributed by atoms with Gasteiger partial charge in [0.1, 0.15) is 5.60 Å². The number of esters is 1. The molecule has 1 saturated heterocycles. The average Bonchev–Trinajstić information content (AvgIpc) is 2.96. The Kier molecular flexibility index (Phi) is 5.67. The molecule has 1 N–H and O–H groups in total. The van der Waals surface area contributed by atoms with Crippen molar-refractivity contribution in [3.8, 4) is 0 Å². The van der Waals surface area contributed by atoms with Crippen LogP contribution in [-0.2, 0) is 20.9 Å². The Hall–Kier alpha value is -2.63. The lowest BCUT2D eigenvalue weighted by Crippen LogP contribution is -2.47. The standard InChI is InChI=1S/C24H25ClN2O3/c1-16-8-9-20(19(25)14-16)26-22(28)21-17(2)23(29)30-24(21)10-12-27(13-11-24)15-18-6-4-3-5-7-18/h3-9,14H,10-13,15H2,1-2H3,(H,26,28). The second-order valence-corrected chi connectivity index (χ2v) is 8.49. The Bertz CT molecular complexity index is 1010. The molecule has 1 spiro atoms. The van der Waals surface area contributed by atoms with E-state index in [4.69, 9.17) is 16.3 Å². The van der Waals surface area contributed by atoms with Crippen LogP contribution in [-0.4, -0.2) is 35.5 Å². The molecule has 1 amide bonds. The summed E-state index contributed by atoms with van der Waals surface area (Å²) in [5.74, 6) is -0.729. The highest BCUT2D eigenvalue weighted by atomic mass is 35.5. The smallest absolute Gasteiger partial charge is 0.335 e. The molecule has 0 unspecified atom stereocenters. The molecule has 2 aliphatic rings. The Labute approximate surface area is 181 Å². The molecule has 2 heterocycles. The predicted octanol–water partition coefficient (Wildman–Crippen LogP) is 4.50. The van der Waals surface area contributed by atoms with E-state index in [-0.39, 0.29) is 5.91 Å². The lowest BCUT2D eigenvalue weighted by Gasteiger charge is -2.39. The highest BCUT2D eigenvalue weighted by Gasteiger charge is 2.50. The Balaban J connectivity index is 1.51. The van der Waals surface area contributed by atoms with Crippen LogP contribution in [0.4, 0.5) is 5.69 Å². The number of aryl methyl sites for hydroxylation is 1. The van der Waals surface area contributed by atoms with Crippen LogP contribution in [0, 0.1) is 6.92 Å². The maximum Gasteiger partial charge on any atom is 0.335 e. The van der Waals surface area contributed by atoms with E-state index in [9.17, 15) is 9.59 Å². The van der Waals surface area contributed by atoms with E-state index < -0.39 is 11.6 Å². The number of rotatable bonds is 4. The fourth-order valence-corrected chi connectivity index (χ4v) is 4.58. The van der Waals surface area contributed by atoms with Crippen molar-refractivity contribution in [1.82, 2.24) is 4.90 Å². The first-order valence-corrected chi connectivity index (χ1v) is 10.5. The maximum absolute atomic E-state index is 13.2. The Morgan fingerprint density at radius 3 is 2.50 bits per heavy atom. The number of ether oxygens (including phenoxy) is 1. The fourth-order valence-electron chi connectivity index (χ4n) is 4.30. The lowest BCUT2D eigenvalue weighted by molar-refractivity contribution is -0.150. The van der Waals surface area contributed by atoms with E-state index in [0.29, 0.717) is 34.7 Å². The van der Waals surface area contributed by atoms with Crippen LogP contribution in [0.15, 0.2) is 59.7 Å². The summed E-state index contributed by atoms with van der Waals surface area (Å²) < 4.78 is 5.79. The number of amides is 1. The van der Waals surface area contributed by atoms with Crippen LogP contribution in [0.3, 0.4) is 0 Å². The summed E-state index contributed by atoms with van der Waals surface area (Å²) in [6.07, 6.45) is 1.18. The Morgan fingerprint density at radius 1 is 1.13 bits per heavy atom. The monoisotopic (exact) mass is 424 g/mol. The van der Waals surface area contributed by atoms with Crippen LogP contribution in [0.5, 0.6) is 0 Å². The summed E-state index contributed by atoms with van der Waals surface area (Å²) >= 11 is 6.28. The van der Waals surface area contributed by atoms with Crippen molar-refractivity contribution in [2.24, 2.45) is 0 Å². The van der Waals surface area contributed by atoms with Gasteiger partial charge in [-0.2, -0.15) is 0 Å². The zero-order valence-corrected chi connectivity index (χ0v) is 18.0. The van der Waals surface area contributed by atoms with Gasteiger partial charge in [0.15, 0.2) is 0 Å². The molecule has 5 nitrogen and oxygen atoms in total. The quantitative estimate of drug-likeness (QED) is 0.734. The number of benzene rings is 2. The van der Waals surface area contributed by atoms with Crippen LogP contribution in [0.25, 0.3) is 0 Å². The number of anilines is 1. The van der Waals surface area contributed by atoms with Crippen molar-refractivity contribution < 1.29 is 14.3 Å². The molecule has 0 bridgehead atoms. The summed E-state index contributed by atoms with van der Waals surface area (Å²) in [6.45, 7) is 5.94. The van der Waals surface area contributed by atoms with Crippen molar-refractivity contribution in [2.45, 2.75) is 38.8 Å². The molecule has 0 saturated carbocycles. The van der Waals surface area contributed by atoms with Gasteiger partial charge in [-0.05, 0) is 37.1 Å². The number of halogens is 1. The van der Waals surface area contributed by atoms with Crippen LogP contribution in [0.1, 0.15) is 30.9 Å². The minimum absolute atomic E-state index is 0.319. The molecule has 0 aromatic heterocycles. The van der Waals surface area contributed by atoms with Gasteiger partial charge < -0.3 is 10.1 Å². The number of carbonyl (C=O) groups excluding carboxylic acids is 2. The third kappa shape index (κ3) is 4.00. The summed E-state index contributed by atoms with van der Waals surface area (Å²) in [4.78, 5) is 27.9. The number of piperidine rings is 1. The molecule has 2 aromatic carbocycles. The molecule has 0 radical (unpaired) electrons. The topological polar surface area (TPSA) is 58.6 Å².